The molecule has 0 amide bonds. The van der Waals surface area contributed by atoms with Crippen LogP contribution in [0.1, 0.15) is 55.2 Å². The summed E-state index contributed by atoms with van der Waals surface area (Å²) in [5.41, 5.74) is 15.6. The van der Waals surface area contributed by atoms with E-state index in [0.29, 0.717) is 34.3 Å². The molecule has 2 heterocycles. The number of rotatable bonds is 9. The zero-order valence-corrected chi connectivity index (χ0v) is 33.6. The molecule has 0 bridgehead atoms. The molecule has 2 aliphatic heterocycles. The van der Waals surface area contributed by atoms with Gasteiger partial charge in [-0.1, -0.05) is 135 Å². The number of anilines is 4. The molecule has 0 aromatic heterocycles. The minimum atomic E-state index is -0.0582. The van der Waals surface area contributed by atoms with E-state index in [9.17, 15) is 4.79 Å². The molecule has 7 aromatic carbocycles. The van der Waals surface area contributed by atoms with Crippen LogP contribution in [-0.2, 0) is 6.54 Å². The van der Waals surface area contributed by atoms with Crippen LogP contribution >= 0.6 is 0 Å². The number of hydrogen-bond acceptors (Lipinski definition) is 5. The summed E-state index contributed by atoms with van der Waals surface area (Å²) in [5, 5.41) is 1.47. The van der Waals surface area contributed by atoms with Crippen LogP contribution in [0.4, 0.5) is 22.7 Å². The number of benzene rings is 8. The molecule has 0 saturated heterocycles. The number of nitrogens with zero attached hydrogens (tertiary/aromatic N) is 3. The second kappa shape index (κ2) is 15.1. The van der Waals surface area contributed by atoms with Crippen molar-refractivity contribution in [2.75, 3.05) is 16.8 Å². The van der Waals surface area contributed by atoms with Gasteiger partial charge in [0.25, 0.3) is 0 Å². The number of para-hydroxylation sites is 2. The third kappa shape index (κ3) is 6.63. The van der Waals surface area contributed by atoms with Crippen molar-refractivity contribution >= 4 is 44.6 Å². The highest BCUT2D eigenvalue weighted by Gasteiger charge is 2.26. The monoisotopic (exact) mass is 767 g/mol. The van der Waals surface area contributed by atoms with Crippen LogP contribution in [0.3, 0.4) is 0 Å². The topological polar surface area (TPSA) is 49.6 Å². The van der Waals surface area contributed by atoms with Gasteiger partial charge in [-0.3, -0.25) is 4.79 Å². The summed E-state index contributed by atoms with van der Waals surface area (Å²) in [6, 6.07) is 60.0. The lowest BCUT2D eigenvalue weighted by molar-refractivity contribution is 0.544. The summed E-state index contributed by atoms with van der Waals surface area (Å²) in [6.07, 6.45) is 2.15. The molecule has 59 heavy (non-hydrogen) atoms. The third-order valence-corrected chi connectivity index (χ3v) is 12.3. The van der Waals surface area contributed by atoms with Crippen LogP contribution < -0.4 is 15.2 Å². The van der Waals surface area contributed by atoms with Crippen molar-refractivity contribution in [3.8, 4) is 33.7 Å². The molecule has 10 rings (SSSR count). The Morgan fingerprint density at radius 3 is 1.90 bits per heavy atom. The van der Waals surface area contributed by atoms with Gasteiger partial charge in [-0.2, -0.15) is 0 Å². The summed E-state index contributed by atoms with van der Waals surface area (Å²) in [7, 11) is 2.09. The fraction of sp³-hybridized carbons (Fsp3) is 0.148. The van der Waals surface area contributed by atoms with Crippen molar-refractivity contribution in [1.82, 2.24) is 4.98 Å². The largest absolute Gasteiger partial charge is 0.453 e. The highest BCUT2D eigenvalue weighted by Crippen LogP contribution is 2.50. The minimum Gasteiger partial charge on any atom is -0.453 e. The molecule has 2 atom stereocenters. The van der Waals surface area contributed by atoms with Crippen molar-refractivity contribution < 1.29 is 4.42 Å². The van der Waals surface area contributed by atoms with Crippen LogP contribution in [0.2, 0.25) is 0 Å². The van der Waals surface area contributed by atoms with Gasteiger partial charge in [-0.05, 0) is 88.9 Å². The molecule has 3 aliphatic rings. The van der Waals surface area contributed by atoms with Gasteiger partial charge in [0.1, 0.15) is 11.2 Å². The van der Waals surface area contributed by atoms with E-state index in [0.717, 1.165) is 36.0 Å². The van der Waals surface area contributed by atoms with Gasteiger partial charge in [0.05, 0.1) is 11.4 Å². The van der Waals surface area contributed by atoms with Crippen LogP contribution in [0.25, 0.3) is 55.6 Å². The molecule has 1 aliphatic carbocycles. The molecule has 7 aromatic rings. The van der Waals surface area contributed by atoms with Gasteiger partial charge >= 0.3 is 0 Å². The zero-order valence-electron chi connectivity index (χ0n) is 33.6. The van der Waals surface area contributed by atoms with E-state index in [1.807, 2.05) is 36.4 Å². The molecule has 0 fully saturated rings. The average molecular weight is 768 g/mol. The summed E-state index contributed by atoms with van der Waals surface area (Å²) in [5.74, 6) is 1.36. The summed E-state index contributed by atoms with van der Waals surface area (Å²) in [6.45, 7) is 5.42. The number of hydrogen-bond donors (Lipinski definition) is 0. The van der Waals surface area contributed by atoms with Gasteiger partial charge < -0.3 is 14.2 Å². The summed E-state index contributed by atoms with van der Waals surface area (Å²) >= 11 is 0. The van der Waals surface area contributed by atoms with Crippen molar-refractivity contribution in [3.63, 3.8) is 0 Å². The molecule has 0 spiro atoms. The fourth-order valence-electron chi connectivity index (χ4n) is 9.12. The van der Waals surface area contributed by atoms with E-state index in [-0.39, 0.29) is 5.43 Å². The molecule has 2 unspecified atom stereocenters. The smallest absolute Gasteiger partial charge is 0.190 e. The van der Waals surface area contributed by atoms with E-state index in [1.54, 1.807) is 6.07 Å². The Morgan fingerprint density at radius 2 is 1.24 bits per heavy atom. The molecule has 0 saturated carbocycles. The average Bonchev–Trinajstić information content (AvgIpc) is 3.40. The summed E-state index contributed by atoms with van der Waals surface area (Å²) in [4.78, 5) is 22.3. The lowest BCUT2D eigenvalue weighted by Crippen LogP contribution is -2.16. The highest BCUT2D eigenvalue weighted by atomic mass is 16.3. The van der Waals surface area contributed by atoms with Gasteiger partial charge in [0.15, 0.2) is 16.8 Å². The SMILES string of the molecule is CCC(CC(C)c1ccc(CN(C)c2ccc3nc4c5ccccc5c(=O)cc-4oc3c2)cc1)c1ccc(N2c3ccccc3-c3ccccc3-c3ccccc32)cc1. The second-order valence-corrected chi connectivity index (χ2v) is 16.0. The van der Waals surface area contributed by atoms with Gasteiger partial charge in [-0.15, -0.1) is 0 Å². The first-order chi connectivity index (χ1) is 28.9. The van der Waals surface area contributed by atoms with Crippen LogP contribution in [0.5, 0.6) is 0 Å². The molecule has 0 N–H and O–H groups in total. The lowest BCUT2D eigenvalue weighted by Gasteiger charge is -2.28. The van der Waals surface area contributed by atoms with E-state index >= 15 is 0 Å². The molecular formula is C54H45N3O2. The van der Waals surface area contributed by atoms with Gasteiger partial charge in [0, 0.05) is 59.0 Å². The molecule has 5 heteroatoms. The highest BCUT2D eigenvalue weighted by molar-refractivity contribution is 6.02. The Labute approximate surface area is 345 Å². The van der Waals surface area contributed by atoms with Crippen molar-refractivity contribution in [2.24, 2.45) is 0 Å². The van der Waals surface area contributed by atoms with Crippen molar-refractivity contribution in [2.45, 2.75) is 45.1 Å². The molecule has 0 radical (unpaired) electrons. The van der Waals surface area contributed by atoms with Gasteiger partial charge in [0.2, 0.25) is 0 Å². The Hall–Kier alpha value is -6.98. The van der Waals surface area contributed by atoms with Crippen LogP contribution in [0, 0.1) is 0 Å². The first-order valence-electron chi connectivity index (χ1n) is 20.7. The summed E-state index contributed by atoms with van der Waals surface area (Å²) < 4.78 is 6.27. The minimum absolute atomic E-state index is 0.0582. The number of fused-ring (bicyclic) bond motifs is 9. The van der Waals surface area contributed by atoms with E-state index in [2.05, 4.69) is 158 Å². The first kappa shape index (κ1) is 36.4. The normalized spacial score (nSPS) is 13.1. The van der Waals surface area contributed by atoms with Crippen molar-refractivity contribution in [1.29, 1.82) is 0 Å². The van der Waals surface area contributed by atoms with Crippen LogP contribution in [0.15, 0.2) is 179 Å². The lowest BCUT2D eigenvalue weighted by atomic mass is 9.84. The zero-order chi connectivity index (χ0) is 40.0. The van der Waals surface area contributed by atoms with Crippen molar-refractivity contribution in [3.05, 3.63) is 197 Å². The van der Waals surface area contributed by atoms with E-state index < -0.39 is 0 Å². The maximum absolute atomic E-state index is 12.8. The first-order valence-corrected chi connectivity index (χ1v) is 20.7. The van der Waals surface area contributed by atoms with E-state index in [4.69, 9.17) is 9.40 Å². The van der Waals surface area contributed by atoms with E-state index in [1.165, 1.54) is 56.0 Å². The maximum Gasteiger partial charge on any atom is 0.190 e. The molecule has 5 nitrogen and oxygen atoms in total. The Morgan fingerprint density at radius 1 is 0.644 bits per heavy atom. The maximum atomic E-state index is 12.8. The number of aromatic nitrogens is 1. The predicted molar refractivity (Wildman–Crippen MR) is 245 cm³/mol. The Bertz CT molecular complexity index is 2940. The van der Waals surface area contributed by atoms with Crippen LogP contribution in [-0.4, -0.2) is 12.0 Å². The standard InChI is InChI=1S/C54H45N3O2/c1-4-37(39-25-27-40(28-26-39)57-49-19-11-9-15-44(49)42-13-5-6-14-43(42)45-16-10-12-20-50(45)57)31-35(2)38-23-21-36(22-24-38)34-56(3)41-29-30-48-52(32-41)59-53-33-51(58)46-17-7-8-18-47(46)54(53)55-48/h5-30,32-33,35,37H,4,31,34H2,1-3H3. The Kier molecular flexibility index (Phi) is 9.29. The molecular weight excluding hydrogens is 723 g/mol. The Balaban J connectivity index is 0.844. The second-order valence-electron chi connectivity index (χ2n) is 16.0. The third-order valence-electron chi connectivity index (χ3n) is 12.3. The fourth-order valence-corrected chi connectivity index (χ4v) is 9.12. The predicted octanol–water partition coefficient (Wildman–Crippen LogP) is 13.9. The quantitative estimate of drug-likeness (QED) is 0.108. The molecule has 288 valence electrons. The van der Waals surface area contributed by atoms with Gasteiger partial charge in [-0.25, -0.2) is 4.98 Å².